The van der Waals surface area contributed by atoms with E-state index in [9.17, 15) is 4.79 Å². The standard InChI is InChI=1S/C22H20O2/c1-17(19-10-4-2-5-11-19)24-22(20-12-6-3-7-13-20)21-14-8-9-18(15-21)16-23/h2-17,22H,1H3/t17-,22?/m1/s1. The molecule has 2 nitrogen and oxygen atoms in total. The molecule has 0 saturated heterocycles. The highest BCUT2D eigenvalue weighted by Gasteiger charge is 2.19. The van der Waals surface area contributed by atoms with Crippen molar-refractivity contribution in [2.24, 2.45) is 0 Å². The van der Waals surface area contributed by atoms with Crippen LogP contribution < -0.4 is 0 Å². The van der Waals surface area contributed by atoms with Crippen LogP contribution in [0.25, 0.3) is 0 Å². The van der Waals surface area contributed by atoms with Crippen LogP contribution in [0.15, 0.2) is 84.9 Å². The molecule has 3 aromatic rings. The molecule has 0 radical (unpaired) electrons. The van der Waals surface area contributed by atoms with Crippen LogP contribution in [0.2, 0.25) is 0 Å². The summed E-state index contributed by atoms with van der Waals surface area (Å²) in [4.78, 5) is 11.1. The topological polar surface area (TPSA) is 26.3 Å². The smallest absolute Gasteiger partial charge is 0.150 e. The Hall–Kier alpha value is -2.71. The van der Waals surface area contributed by atoms with Gasteiger partial charge in [0.15, 0.2) is 0 Å². The zero-order valence-corrected chi connectivity index (χ0v) is 13.6. The molecular formula is C22H20O2. The average Bonchev–Trinajstić information content (AvgIpc) is 2.67. The van der Waals surface area contributed by atoms with Crippen LogP contribution >= 0.6 is 0 Å². The number of ether oxygens (including phenoxy) is 1. The van der Waals surface area contributed by atoms with Gasteiger partial charge in [0.2, 0.25) is 0 Å². The predicted octanol–water partition coefficient (Wildman–Crippen LogP) is 5.37. The van der Waals surface area contributed by atoms with Crippen LogP contribution in [0, 0.1) is 0 Å². The third-order valence-electron chi connectivity index (χ3n) is 4.06. The van der Waals surface area contributed by atoms with Crippen LogP contribution in [0.3, 0.4) is 0 Å². The molecule has 0 aromatic heterocycles. The van der Waals surface area contributed by atoms with Gasteiger partial charge in [-0.25, -0.2) is 0 Å². The van der Waals surface area contributed by atoms with Crippen molar-refractivity contribution in [2.75, 3.05) is 0 Å². The first-order valence-corrected chi connectivity index (χ1v) is 8.08. The first-order valence-electron chi connectivity index (χ1n) is 8.08. The monoisotopic (exact) mass is 316 g/mol. The maximum absolute atomic E-state index is 11.1. The van der Waals surface area contributed by atoms with E-state index in [2.05, 4.69) is 31.2 Å². The van der Waals surface area contributed by atoms with E-state index >= 15 is 0 Å². The van der Waals surface area contributed by atoms with Crippen LogP contribution in [-0.2, 0) is 4.74 Å². The molecule has 24 heavy (non-hydrogen) atoms. The molecule has 0 heterocycles. The molecule has 2 heteroatoms. The number of carbonyl (C=O) groups is 1. The van der Waals surface area contributed by atoms with Crippen LogP contribution in [0.4, 0.5) is 0 Å². The summed E-state index contributed by atoms with van der Waals surface area (Å²) in [5.74, 6) is 0. The zero-order valence-electron chi connectivity index (χ0n) is 13.6. The van der Waals surface area contributed by atoms with Gasteiger partial charge in [-0.15, -0.1) is 0 Å². The Balaban J connectivity index is 1.95. The SMILES string of the molecule is C[C@@H](OC(c1ccccc1)c1cccc(C=O)c1)c1ccccc1. The minimum atomic E-state index is -0.221. The molecule has 0 fully saturated rings. The zero-order chi connectivity index (χ0) is 16.8. The number of hydrogen-bond donors (Lipinski definition) is 0. The lowest BCUT2D eigenvalue weighted by Gasteiger charge is -2.24. The molecular weight excluding hydrogens is 296 g/mol. The van der Waals surface area contributed by atoms with Gasteiger partial charge in [-0.1, -0.05) is 78.9 Å². The van der Waals surface area contributed by atoms with Gasteiger partial charge in [-0.2, -0.15) is 0 Å². The number of hydrogen-bond acceptors (Lipinski definition) is 2. The first kappa shape index (κ1) is 16.2. The second-order valence-corrected chi connectivity index (χ2v) is 5.77. The average molecular weight is 316 g/mol. The summed E-state index contributed by atoms with van der Waals surface area (Å²) in [7, 11) is 0. The Morgan fingerprint density at radius 2 is 1.33 bits per heavy atom. The van der Waals surface area contributed by atoms with Gasteiger partial charge in [-0.3, -0.25) is 4.79 Å². The molecule has 3 aromatic carbocycles. The molecule has 120 valence electrons. The lowest BCUT2D eigenvalue weighted by molar-refractivity contribution is 0.0181. The number of aldehydes is 1. The fourth-order valence-electron chi connectivity index (χ4n) is 2.78. The maximum atomic E-state index is 11.1. The summed E-state index contributed by atoms with van der Waals surface area (Å²) in [6.07, 6.45) is 0.587. The van der Waals surface area contributed by atoms with E-state index in [-0.39, 0.29) is 12.2 Å². The lowest BCUT2D eigenvalue weighted by atomic mass is 9.99. The van der Waals surface area contributed by atoms with Crippen molar-refractivity contribution in [1.29, 1.82) is 0 Å². The summed E-state index contributed by atoms with van der Waals surface area (Å²) in [5.41, 5.74) is 3.84. The third kappa shape index (κ3) is 3.79. The van der Waals surface area contributed by atoms with Gasteiger partial charge in [-0.05, 0) is 29.7 Å². The van der Waals surface area contributed by atoms with Gasteiger partial charge >= 0.3 is 0 Å². The molecule has 0 amide bonds. The van der Waals surface area contributed by atoms with E-state index in [0.29, 0.717) is 5.56 Å². The largest absolute Gasteiger partial charge is 0.361 e. The number of carbonyl (C=O) groups excluding carboxylic acids is 1. The van der Waals surface area contributed by atoms with Gasteiger partial charge in [0.25, 0.3) is 0 Å². The van der Waals surface area contributed by atoms with Crippen molar-refractivity contribution in [3.8, 4) is 0 Å². The molecule has 0 aliphatic rings. The molecule has 0 N–H and O–H groups in total. The number of rotatable bonds is 6. The van der Waals surface area contributed by atoms with E-state index in [1.54, 1.807) is 6.07 Å². The van der Waals surface area contributed by atoms with Gasteiger partial charge in [0.05, 0.1) is 6.10 Å². The Morgan fingerprint density at radius 3 is 1.96 bits per heavy atom. The van der Waals surface area contributed by atoms with E-state index in [0.717, 1.165) is 23.0 Å². The third-order valence-corrected chi connectivity index (χ3v) is 4.06. The van der Waals surface area contributed by atoms with Gasteiger partial charge in [0, 0.05) is 5.56 Å². The maximum Gasteiger partial charge on any atom is 0.150 e. The van der Waals surface area contributed by atoms with E-state index < -0.39 is 0 Å². The fraction of sp³-hybridized carbons (Fsp3) is 0.136. The summed E-state index contributed by atoms with van der Waals surface area (Å²) in [6, 6.07) is 27.8. The molecule has 1 unspecified atom stereocenters. The summed E-state index contributed by atoms with van der Waals surface area (Å²) in [6.45, 7) is 2.05. The van der Waals surface area contributed by atoms with Gasteiger partial charge < -0.3 is 4.74 Å². The van der Waals surface area contributed by atoms with E-state index in [1.807, 2.05) is 54.6 Å². The second-order valence-electron chi connectivity index (χ2n) is 5.77. The second kappa shape index (κ2) is 7.71. The number of benzene rings is 3. The molecule has 0 saturated carbocycles. The summed E-state index contributed by atoms with van der Waals surface area (Å²) >= 11 is 0. The molecule has 0 aliphatic carbocycles. The van der Waals surface area contributed by atoms with Crippen LogP contribution in [0.1, 0.15) is 46.2 Å². The molecule has 0 bridgehead atoms. The van der Waals surface area contributed by atoms with Crippen molar-refractivity contribution in [2.45, 2.75) is 19.1 Å². The Bertz CT molecular complexity index is 781. The highest BCUT2D eigenvalue weighted by Crippen LogP contribution is 2.32. The van der Waals surface area contributed by atoms with Crippen molar-refractivity contribution in [3.63, 3.8) is 0 Å². The molecule has 0 spiro atoms. The highest BCUT2D eigenvalue weighted by molar-refractivity contribution is 5.75. The van der Waals surface area contributed by atoms with Crippen molar-refractivity contribution in [1.82, 2.24) is 0 Å². The molecule has 2 atom stereocenters. The summed E-state index contributed by atoms with van der Waals surface area (Å²) in [5, 5.41) is 0. The summed E-state index contributed by atoms with van der Waals surface area (Å²) < 4.78 is 6.39. The lowest BCUT2D eigenvalue weighted by Crippen LogP contribution is -2.10. The van der Waals surface area contributed by atoms with E-state index in [1.165, 1.54) is 0 Å². The fourth-order valence-corrected chi connectivity index (χ4v) is 2.78. The normalized spacial score (nSPS) is 13.2. The highest BCUT2D eigenvalue weighted by atomic mass is 16.5. The Kier molecular flexibility index (Phi) is 5.19. The predicted molar refractivity (Wildman–Crippen MR) is 96.1 cm³/mol. The van der Waals surface area contributed by atoms with Crippen molar-refractivity contribution in [3.05, 3.63) is 107 Å². The Labute approximate surface area is 142 Å². The first-order chi connectivity index (χ1) is 11.8. The van der Waals surface area contributed by atoms with Gasteiger partial charge in [0.1, 0.15) is 12.4 Å². The minimum absolute atomic E-state index is 0.0590. The molecule has 3 rings (SSSR count). The minimum Gasteiger partial charge on any atom is -0.361 e. The van der Waals surface area contributed by atoms with Crippen molar-refractivity contribution >= 4 is 6.29 Å². The van der Waals surface area contributed by atoms with Crippen LogP contribution in [-0.4, -0.2) is 6.29 Å². The van der Waals surface area contributed by atoms with E-state index in [4.69, 9.17) is 4.74 Å². The van der Waals surface area contributed by atoms with Crippen LogP contribution in [0.5, 0.6) is 0 Å². The molecule has 0 aliphatic heterocycles. The Morgan fingerprint density at radius 1 is 0.750 bits per heavy atom. The quantitative estimate of drug-likeness (QED) is 0.572. The van der Waals surface area contributed by atoms with Crippen molar-refractivity contribution < 1.29 is 9.53 Å².